The van der Waals surface area contributed by atoms with Gasteiger partial charge in [-0.3, -0.25) is 4.57 Å². The molecule has 3 aromatic rings. The number of nitrogens with one attached hydrogen (secondary N) is 1. The summed E-state index contributed by atoms with van der Waals surface area (Å²) in [4.78, 5) is 18.5. The Morgan fingerprint density at radius 3 is 2.59 bits per heavy atom. The third kappa shape index (κ3) is 5.16. The number of piperidine rings is 1. The minimum atomic E-state index is -0.376. The highest BCUT2D eigenvalue weighted by Gasteiger charge is 2.24. The second-order valence-corrected chi connectivity index (χ2v) is 7.81. The number of rotatable bonds is 7. The predicted molar refractivity (Wildman–Crippen MR) is 120 cm³/mol. The molecule has 0 atom stereocenters. The number of aromatic nitrogens is 4. The molecule has 0 aliphatic carbocycles. The molecule has 32 heavy (non-hydrogen) atoms. The van der Waals surface area contributed by atoms with Gasteiger partial charge < -0.3 is 19.7 Å². The molecule has 0 bridgehead atoms. The summed E-state index contributed by atoms with van der Waals surface area (Å²) < 4.78 is 12.5. The molecule has 1 amide bonds. The summed E-state index contributed by atoms with van der Waals surface area (Å²) in [6.07, 6.45) is 3.28. The number of benzene rings is 1. The number of hydrogen-bond donors (Lipinski definition) is 1. The van der Waals surface area contributed by atoms with Crippen molar-refractivity contribution in [1.82, 2.24) is 25.1 Å². The second-order valence-electron chi connectivity index (χ2n) is 7.81. The maximum Gasteiger partial charge on any atom is 0.407 e. The highest BCUT2D eigenvalue weighted by Crippen LogP contribution is 2.25. The Morgan fingerprint density at radius 1 is 1.12 bits per heavy atom. The van der Waals surface area contributed by atoms with Crippen molar-refractivity contribution in [3.63, 3.8) is 0 Å². The van der Waals surface area contributed by atoms with Gasteiger partial charge in [0.2, 0.25) is 11.8 Å². The Bertz CT molecular complexity index is 1010. The summed E-state index contributed by atoms with van der Waals surface area (Å²) in [5.74, 6) is 2.58. The molecule has 2 aromatic heterocycles. The highest BCUT2D eigenvalue weighted by molar-refractivity contribution is 5.67. The zero-order valence-electron chi connectivity index (χ0n) is 18.4. The molecule has 0 saturated carbocycles. The maximum atomic E-state index is 12.0. The van der Waals surface area contributed by atoms with Crippen LogP contribution in [0.1, 0.15) is 24.2 Å². The van der Waals surface area contributed by atoms with Gasteiger partial charge >= 0.3 is 6.09 Å². The van der Waals surface area contributed by atoms with Crippen LogP contribution in [0.15, 0.2) is 48.7 Å². The SMILES string of the molecule is COc1ccc(-n2c(C)nnc2N2CCC(CNC(=O)OCc3ccccc3)CC2)cn1. The standard InChI is InChI=1S/C23H28N6O3/c1-17-26-27-22(29(17)20-8-9-21(31-2)24-15-20)28-12-10-18(11-13-28)14-25-23(30)32-16-19-6-4-3-5-7-19/h3-9,15,18H,10-14,16H2,1-2H3,(H,25,30). The molecule has 4 rings (SSSR count). The molecular formula is C23H28N6O3. The van der Waals surface area contributed by atoms with Crippen LogP contribution in [0.3, 0.4) is 0 Å². The number of pyridine rings is 1. The van der Waals surface area contributed by atoms with E-state index in [4.69, 9.17) is 9.47 Å². The van der Waals surface area contributed by atoms with E-state index < -0.39 is 0 Å². The number of amides is 1. The maximum absolute atomic E-state index is 12.0. The van der Waals surface area contributed by atoms with Crippen molar-refractivity contribution in [2.75, 3.05) is 31.6 Å². The van der Waals surface area contributed by atoms with Crippen LogP contribution < -0.4 is 15.0 Å². The van der Waals surface area contributed by atoms with Crippen LogP contribution in [-0.2, 0) is 11.3 Å². The van der Waals surface area contributed by atoms with Crippen LogP contribution in [-0.4, -0.2) is 52.6 Å². The largest absolute Gasteiger partial charge is 0.481 e. The highest BCUT2D eigenvalue weighted by atomic mass is 16.5. The molecular weight excluding hydrogens is 408 g/mol. The van der Waals surface area contributed by atoms with Gasteiger partial charge in [-0.2, -0.15) is 0 Å². The minimum Gasteiger partial charge on any atom is -0.481 e. The summed E-state index contributed by atoms with van der Waals surface area (Å²) >= 11 is 0. The van der Waals surface area contributed by atoms with Crippen LogP contribution in [0, 0.1) is 12.8 Å². The average molecular weight is 437 g/mol. The normalized spacial score (nSPS) is 14.2. The molecule has 3 heterocycles. The third-order valence-corrected chi connectivity index (χ3v) is 5.64. The van der Waals surface area contributed by atoms with Gasteiger partial charge in [-0.15, -0.1) is 10.2 Å². The monoisotopic (exact) mass is 436 g/mol. The van der Waals surface area contributed by atoms with E-state index in [9.17, 15) is 4.79 Å². The lowest BCUT2D eigenvalue weighted by Gasteiger charge is -2.32. The zero-order valence-corrected chi connectivity index (χ0v) is 18.4. The van der Waals surface area contributed by atoms with Crippen LogP contribution in [0.4, 0.5) is 10.7 Å². The van der Waals surface area contributed by atoms with Crippen LogP contribution >= 0.6 is 0 Å². The molecule has 0 radical (unpaired) electrons. The van der Waals surface area contributed by atoms with Crippen molar-refractivity contribution < 1.29 is 14.3 Å². The smallest absolute Gasteiger partial charge is 0.407 e. The van der Waals surface area contributed by atoms with Gasteiger partial charge in [0.25, 0.3) is 0 Å². The summed E-state index contributed by atoms with van der Waals surface area (Å²) in [7, 11) is 1.60. The van der Waals surface area contributed by atoms with Gasteiger partial charge in [-0.05, 0) is 37.3 Å². The second kappa shape index (κ2) is 10.1. The van der Waals surface area contributed by atoms with E-state index in [0.29, 0.717) is 18.3 Å². The fourth-order valence-corrected chi connectivity index (χ4v) is 3.82. The molecule has 9 nitrogen and oxygen atoms in total. The number of methoxy groups -OCH3 is 1. The molecule has 1 aliphatic heterocycles. The van der Waals surface area contributed by atoms with Gasteiger partial charge in [0.15, 0.2) is 0 Å². The van der Waals surface area contributed by atoms with Crippen LogP contribution in [0.5, 0.6) is 5.88 Å². The number of hydrogen-bond acceptors (Lipinski definition) is 7. The number of carbonyl (C=O) groups excluding carboxylic acids is 1. The lowest BCUT2D eigenvalue weighted by molar-refractivity contribution is 0.137. The van der Waals surface area contributed by atoms with E-state index >= 15 is 0 Å². The van der Waals surface area contributed by atoms with Gasteiger partial charge in [0.1, 0.15) is 12.4 Å². The Balaban J connectivity index is 1.28. The number of ether oxygens (including phenoxy) is 2. The van der Waals surface area contributed by atoms with Gasteiger partial charge in [0.05, 0.1) is 19.0 Å². The third-order valence-electron chi connectivity index (χ3n) is 5.64. The predicted octanol–water partition coefficient (Wildman–Crippen LogP) is 3.12. The first kappa shape index (κ1) is 21.6. The molecule has 1 saturated heterocycles. The number of nitrogens with zero attached hydrogens (tertiary/aromatic N) is 5. The van der Waals surface area contributed by atoms with Crippen molar-refractivity contribution in [2.45, 2.75) is 26.4 Å². The number of carbonyl (C=O) groups is 1. The topological polar surface area (TPSA) is 94.4 Å². The first-order valence-corrected chi connectivity index (χ1v) is 10.8. The fourth-order valence-electron chi connectivity index (χ4n) is 3.82. The van der Waals surface area contributed by atoms with E-state index in [-0.39, 0.29) is 12.7 Å². The van der Waals surface area contributed by atoms with E-state index in [0.717, 1.165) is 49.0 Å². The molecule has 9 heteroatoms. The molecule has 168 valence electrons. The average Bonchev–Trinajstić information content (AvgIpc) is 3.23. The lowest BCUT2D eigenvalue weighted by Crippen LogP contribution is -2.39. The van der Waals surface area contributed by atoms with E-state index in [2.05, 4.69) is 25.4 Å². The molecule has 1 N–H and O–H groups in total. The number of anilines is 1. The summed E-state index contributed by atoms with van der Waals surface area (Å²) in [5.41, 5.74) is 1.87. The van der Waals surface area contributed by atoms with Crippen molar-refractivity contribution in [1.29, 1.82) is 0 Å². The molecule has 1 fully saturated rings. The Labute approximate surface area is 187 Å². The van der Waals surface area contributed by atoms with Gasteiger partial charge in [-0.1, -0.05) is 30.3 Å². The molecule has 0 unspecified atom stereocenters. The van der Waals surface area contributed by atoms with Crippen molar-refractivity contribution in [2.24, 2.45) is 5.92 Å². The van der Waals surface area contributed by atoms with E-state index in [1.54, 1.807) is 13.3 Å². The molecule has 1 aromatic carbocycles. The summed E-state index contributed by atoms with van der Waals surface area (Å²) in [6.45, 7) is 4.49. The Hall–Kier alpha value is -3.62. The van der Waals surface area contributed by atoms with Gasteiger partial charge in [0, 0.05) is 25.7 Å². The zero-order chi connectivity index (χ0) is 22.3. The first-order chi connectivity index (χ1) is 15.6. The van der Waals surface area contributed by atoms with Crippen molar-refractivity contribution in [3.05, 3.63) is 60.0 Å². The van der Waals surface area contributed by atoms with Crippen LogP contribution in [0.25, 0.3) is 5.69 Å². The summed E-state index contributed by atoms with van der Waals surface area (Å²) in [5, 5.41) is 11.6. The summed E-state index contributed by atoms with van der Waals surface area (Å²) in [6, 6.07) is 13.4. The molecule has 1 aliphatic rings. The minimum absolute atomic E-state index is 0.278. The number of alkyl carbamates (subject to hydrolysis) is 1. The van der Waals surface area contributed by atoms with Gasteiger partial charge in [-0.25, -0.2) is 9.78 Å². The first-order valence-electron chi connectivity index (χ1n) is 10.8. The number of aryl methyl sites for hydroxylation is 1. The molecule has 0 spiro atoms. The lowest BCUT2D eigenvalue weighted by atomic mass is 9.97. The quantitative estimate of drug-likeness (QED) is 0.608. The van der Waals surface area contributed by atoms with Crippen molar-refractivity contribution >= 4 is 12.0 Å². The van der Waals surface area contributed by atoms with Crippen molar-refractivity contribution in [3.8, 4) is 11.6 Å². The van der Waals surface area contributed by atoms with E-state index in [1.807, 2.05) is 54.0 Å². The Kier molecular flexibility index (Phi) is 6.84. The van der Waals surface area contributed by atoms with E-state index in [1.165, 1.54) is 0 Å². The van der Waals surface area contributed by atoms with Crippen LogP contribution in [0.2, 0.25) is 0 Å². The Morgan fingerprint density at radius 2 is 1.91 bits per heavy atom. The fraction of sp³-hybridized carbons (Fsp3) is 0.391.